The van der Waals surface area contributed by atoms with E-state index in [1.54, 1.807) is 20.9 Å². The second-order valence-electron chi connectivity index (χ2n) is 8.85. The van der Waals surface area contributed by atoms with Gasteiger partial charge in [0.05, 0.1) is 42.7 Å². The number of dihydropyridines is 1. The molecule has 3 rings (SSSR count). The molecule has 1 aliphatic carbocycles. The number of nitrogens with zero attached hydrogens (tertiary/aromatic N) is 2. The number of esters is 2. The Morgan fingerprint density at radius 2 is 1.76 bits per heavy atom. The third-order valence-corrected chi connectivity index (χ3v) is 7.50. The minimum atomic E-state index is -3.61. The van der Waals surface area contributed by atoms with Gasteiger partial charge < -0.3 is 19.4 Å². The summed E-state index contributed by atoms with van der Waals surface area (Å²) < 4.78 is 36.3. The molecule has 1 aromatic rings. The van der Waals surface area contributed by atoms with Gasteiger partial charge in [0.25, 0.3) is 0 Å². The maximum Gasteiger partial charge on any atom is 0.336 e. The number of hydrogen-bond donors (Lipinski definition) is 1. The molecule has 182 valence electrons. The quantitative estimate of drug-likeness (QED) is 0.447. The van der Waals surface area contributed by atoms with E-state index in [4.69, 9.17) is 9.47 Å². The number of ether oxygens (including phenoxy) is 2. The molecule has 1 aromatic heterocycles. The van der Waals surface area contributed by atoms with Crippen molar-refractivity contribution in [2.24, 2.45) is 13.0 Å². The Morgan fingerprint density at radius 1 is 1.15 bits per heavy atom. The maximum absolute atomic E-state index is 13.2. The highest BCUT2D eigenvalue weighted by Crippen LogP contribution is 2.39. The van der Waals surface area contributed by atoms with Gasteiger partial charge in [-0.25, -0.2) is 23.0 Å². The number of nitrogens with one attached hydrogen (secondary N) is 1. The highest BCUT2D eigenvalue weighted by molar-refractivity contribution is 7.90. The fraction of sp³-hybridized carbons (Fsp3) is 0.609. The van der Waals surface area contributed by atoms with E-state index in [2.05, 4.69) is 10.3 Å². The molecule has 1 N–H and O–H groups in total. The highest BCUT2D eigenvalue weighted by atomic mass is 32.2. The minimum absolute atomic E-state index is 0.153. The molecule has 0 aromatic carbocycles. The van der Waals surface area contributed by atoms with Crippen molar-refractivity contribution >= 4 is 21.8 Å². The van der Waals surface area contributed by atoms with Crippen LogP contribution in [0.25, 0.3) is 0 Å². The van der Waals surface area contributed by atoms with Gasteiger partial charge in [-0.3, -0.25) is 0 Å². The largest absolute Gasteiger partial charge is 0.466 e. The molecule has 0 radical (unpaired) electrons. The molecule has 10 heteroatoms. The topological polar surface area (TPSA) is 117 Å². The summed E-state index contributed by atoms with van der Waals surface area (Å²) >= 11 is 0. The van der Waals surface area contributed by atoms with Crippen molar-refractivity contribution in [3.63, 3.8) is 0 Å². The molecular formula is C23H33N3O6S. The average Bonchev–Trinajstić information content (AvgIpc) is 3.39. The van der Waals surface area contributed by atoms with Crippen LogP contribution in [-0.2, 0) is 35.9 Å². The second-order valence-corrected chi connectivity index (χ2v) is 10.8. The fourth-order valence-corrected chi connectivity index (χ4v) is 5.72. The number of carbonyl (C=O) groups is 2. The van der Waals surface area contributed by atoms with E-state index in [-0.39, 0.29) is 22.9 Å². The van der Waals surface area contributed by atoms with E-state index in [1.165, 1.54) is 43.6 Å². The molecule has 1 aliphatic heterocycles. The lowest BCUT2D eigenvalue weighted by molar-refractivity contribution is -0.139. The van der Waals surface area contributed by atoms with E-state index in [9.17, 15) is 18.0 Å². The van der Waals surface area contributed by atoms with Crippen LogP contribution in [0.3, 0.4) is 0 Å². The van der Waals surface area contributed by atoms with Crippen LogP contribution in [0.4, 0.5) is 0 Å². The van der Waals surface area contributed by atoms with Crippen LogP contribution < -0.4 is 5.32 Å². The predicted molar refractivity (Wildman–Crippen MR) is 122 cm³/mol. The van der Waals surface area contributed by atoms with E-state index >= 15 is 0 Å². The molecule has 33 heavy (non-hydrogen) atoms. The lowest BCUT2D eigenvalue weighted by Crippen LogP contribution is -2.33. The lowest BCUT2D eigenvalue weighted by atomic mass is 9.83. The first-order chi connectivity index (χ1) is 15.6. The molecular weight excluding hydrogens is 446 g/mol. The molecule has 2 heterocycles. The van der Waals surface area contributed by atoms with Crippen molar-refractivity contribution in [1.82, 2.24) is 14.9 Å². The van der Waals surface area contributed by atoms with Crippen LogP contribution in [-0.4, -0.2) is 49.9 Å². The Balaban J connectivity index is 1.93. The predicted octanol–water partition coefficient (Wildman–Crippen LogP) is 2.75. The number of sulfone groups is 1. The standard InChI is InChI=1S/C23H33N3O6S/c1-14-18(21(27)31-4)20(17-13-24-23(26(17)3)33(5,29)30)19(15(2)25-14)22(28)32-12-8-11-16-9-6-7-10-16/h13,16,20,25H,6-12H2,1-5H3. The Morgan fingerprint density at radius 3 is 2.30 bits per heavy atom. The first kappa shape index (κ1) is 25.0. The van der Waals surface area contributed by atoms with E-state index in [1.807, 2.05) is 0 Å². The smallest absolute Gasteiger partial charge is 0.336 e. The number of allylic oxidation sites excluding steroid dienone is 2. The monoisotopic (exact) mass is 479 g/mol. The number of rotatable bonds is 8. The summed E-state index contributed by atoms with van der Waals surface area (Å²) in [6.07, 6.45) is 9.26. The first-order valence-corrected chi connectivity index (χ1v) is 13.1. The normalized spacial score (nSPS) is 19.6. The Bertz CT molecular complexity index is 1090. The molecule has 1 atom stereocenters. The van der Waals surface area contributed by atoms with Crippen molar-refractivity contribution < 1.29 is 27.5 Å². The summed E-state index contributed by atoms with van der Waals surface area (Å²) in [4.78, 5) is 30.0. The second kappa shape index (κ2) is 10.1. The Kier molecular flexibility index (Phi) is 7.66. The summed E-state index contributed by atoms with van der Waals surface area (Å²) in [6.45, 7) is 3.73. The van der Waals surface area contributed by atoms with Crippen LogP contribution in [0, 0.1) is 5.92 Å². The molecule has 0 bridgehead atoms. The molecule has 0 amide bonds. The number of carbonyl (C=O) groups excluding carboxylic acids is 2. The number of hydrogen-bond acceptors (Lipinski definition) is 8. The Labute approximate surface area is 195 Å². The third kappa shape index (κ3) is 5.31. The zero-order valence-electron chi connectivity index (χ0n) is 19.9. The van der Waals surface area contributed by atoms with E-state index < -0.39 is 27.7 Å². The highest BCUT2D eigenvalue weighted by Gasteiger charge is 2.40. The van der Waals surface area contributed by atoms with Gasteiger partial charge in [0.2, 0.25) is 15.0 Å². The minimum Gasteiger partial charge on any atom is -0.466 e. The Hall–Kier alpha value is -2.62. The van der Waals surface area contributed by atoms with Crippen LogP contribution in [0.2, 0.25) is 0 Å². The van der Waals surface area contributed by atoms with Gasteiger partial charge in [-0.15, -0.1) is 0 Å². The summed E-state index contributed by atoms with van der Waals surface area (Å²) in [6, 6.07) is 0. The van der Waals surface area contributed by atoms with Crippen molar-refractivity contribution in [3.8, 4) is 0 Å². The van der Waals surface area contributed by atoms with Crippen molar-refractivity contribution in [1.29, 1.82) is 0 Å². The van der Waals surface area contributed by atoms with Gasteiger partial charge in [-0.05, 0) is 32.6 Å². The van der Waals surface area contributed by atoms with Gasteiger partial charge in [-0.1, -0.05) is 25.7 Å². The van der Waals surface area contributed by atoms with Gasteiger partial charge >= 0.3 is 11.9 Å². The SMILES string of the molecule is COC(=O)C1=C(C)NC(C)=C(C(=O)OCCCC2CCCC2)C1c1cnc(S(C)(=O)=O)n1C. The number of methoxy groups -OCH3 is 1. The van der Waals surface area contributed by atoms with E-state index in [0.29, 0.717) is 23.0 Å². The zero-order valence-corrected chi connectivity index (χ0v) is 20.8. The third-order valence-electron chi connectivity index (χ3n) is 6.46. The van der Waals surface area contributed by atoms with Crippen LogP contribution >= 0.6 is 0 Å². The molecule has 1 unspecified atom stereocenters. The van der Waals surface area contributed by atoms with Gasteiger partial charge in [0, 0.05) is 24.7 Å². The van der Waals surface area contributed by atoms with Crippen LogP contribution in [0.5, 0.6) is 0 Å². The van der Waals surface area contributed by atoms with Crippen LogP contribution in [0.15, 0.2) is 33.9 Å². The van der Waals surface area contributed by atoms with E-state index in [0.717, 1.165) is 19.1 Å². The van der Waals surface area contributed by atoms with Crippen LogP contribution in [0.1, 0.15) is 64.0 Å². The summed E-state index contributed by atoms with van der Waals surface area (Å²) in [5.41, 5.74) is 1.89. The maximum atomic E-state index is 13.2. The summed E-state index contributed by atoms with van der Waals surface area (Å²) in [5, 5.41) is 2.92. The molecule has 0 spiro atoms. The fourth-order valence-electron chi connectivity index (χ4n) is 4.87. The van der Waals surface area contributed by atoms with Gasteiger partial charge in [0.1, 0.15) is 0 Å². The zero-order chi connectivity index (χ0) is 24.3. The van der Waals surface area contributed by atoms with Gasteiger partial charge in [0.15, 0.2) is 0 Å². The summed E-state index contributed by atoms with van der Waals surface area (Å²) in [5.74, 6) is -1.35. The lowest BCUT2D eigenvalue weighted by Gasteiger charge is -2.30. The van der Waals surface area contributed by atoms with Crippen molar-refractivity contribution in [2.45, 2.75) is 63.4 Å². The van der Waals surface area contributed by atoms with Gasteiger partial charge in [-0.2, -0.15) is 0 Å². The molecule has 1 fully saturated rings. The summed E-state index contributed by atoms with van der Waals surface area (Å²) in [7, 11) is -0.806. The molecule has 9 nitrogen and oxygen atoms in total. The first-order valence-electron chi connectivity index (χ1n) is 11.2. The number of aromatic nitrogens is 2. The number of imidazole rings is 1. The molecule has 2 aliphatic rings. The van der Waals surface area contributed by atoms with Crippen molar-refractivity contribution in [2.75, 3.05) is 20.0 Å². The van der Waals surface area contributed by atoms with Crippen molar-refractivity contribution in [3.05, 3.63) is 34.4 Å². The molecule has 0 saturated heterocycles. The average molecular weight is 480 g/mol. The molecule has 1 saturated carbocycles.